The highest BCUT2D eigenvalue weighted by molar-refractivity contribution is 7.98. The number of rotatable bonds is 9. The van der Waals surface area contributed by atoms with E-state index in [0.29, 0.717) is 12.3 Å². The summed E-state index contributed by atoms with van der Waals surface area (Å²) < 4.78 is 25.3. The third-order valence-corrected chi connectivity index (χ3v) is 7.05. The minimum absolute atomic E-state index is 0.0892. The second kappa shape index (κ2) is 10.8. The molecule has 2 aromatic rings. The molecule has 2 rings (SSSR count). The molecule has 0 saturated heterocycles. The largest absolute Gasteiger partial charge is 0.354 e. The minimum atomic E-state index is -3.76. The molecule has 0 spiro atoms. The maximum absolute atomic E-state index is 12.3. The summed E-state index contributed by atoms with van der Waals surface area (Å²) in [5, 5.41) is 3.16. The fraction of sp³-hybridized carbons (Fsp3) is 0.316. The molecule has 1 amide bonds. The van der Waals surface area contributed by atoms with Crippen molar-refractivity contribution in [3.05, 3.63) is 62.6 Å². The van der Waals surface area contributed by atoms with Gasteiger partial charge in [0, 0.05) is 18.1 Å². The average molecular weight is 496 g/mol. The van der Waals surface area contributed by atoms with E-state index in [9.17, 15) is 13.2 Å². The second-order valence-electron chi connectivity index (χ2n) is 6.38. The van der Waals surface area contributed by atoms with Crippen LogP contribution in [0.15, 0.2) is 36.4 Å². The number of hydrogen-bond acceptors (Lipinski definition) is 4. The Bertz CT molecular complexity index is 985. The summed E-state index contributed by atoms with van der Waals surface area (Å²) >= 11 is 19.7. The first-order valence-electron chi connectivity index (χ1n) is 8.60. The van der Waals surface area contributed by atoms with Crippen LogP contribution < -0.4 is 9.62 Å². The highest BCUT2D eigenvalue weighted by Crippen LogP contribution is 2.35. The van der Waals surface area contributed by atoms with Gasteiger partial charge in [-0.1, -0.05) is 64.6 Å². The number of thioether (sulfide) groups is 1. The molecule has 0 heterocycles. The van der Waals surface area contributed by atoms with Crippen molar-refractivity contribution in [1.82, 2.24) is 5.32 Å². The van der Waals surface area contributed by atoms with Gasteiger partial charge in [0.1, 0.15) is 6.54 Å². The summed E-state index contributed by atoms with van der Waals surface area (Å²) in [6.45, 7) is 2.06. The molecule has 5 nitrogen and oxygen atoms in total. The second-order valence-corrected chi connectivity index (χ2v) is 10.6. The molecule has 0 aliphatic rings. The van der Waals surface area contributed by atoms with E-state index in [1.54, 1.807) is 11.8 Å². The zero-order valence-corrected chi connectivity index (χ0v) is 19.8. The van der Waals surface area contributed by atoms with Gasteiger partial charge in [-0.25, -0.2) is 8.42 Å². The molecule has 0 fully saturated rings. The molecule has 0 bridgehead atoms. The number of carbonyl (C=O) groups is 1. The van der Waals surface area contributed by atoms with Crippen LogP contribution in [0.25, 0.3) is 0 Å². The third-order valence-electron chi connectivity index (χ3n) is 3.87. The Morgan fingerprint density at radius 1 is 1.10 bits per heavy atom. The van der Waals surface area contributed by atoms with Gasteiger partial charge in [-0.15, -0.1) is 0 Å². The SMILES string of the molecule is Cc1cccc(CSCCNC(=O)CN(c2cc(Cl)c(Cl)cc2Cl)S(C)(=O)=O)c1. The van der Waals surface area contributed by atoms with E-state index in [-0.39, 0.29) is 20.8 Å². The van der Waals surface area contributed by atoms with Crippen LogP contribution in [0, 0.1) is 6.92 Å². The standard InChI is InChI=1S/C19H21Cl3N2O3S2/c1-13-4-3-5-14(8-13)12-28-7-6-23-19(25)11-24(29(2,26)27)18-10-16(21)15(20)9-17(18)22/h3-5,8-10H,6-7,11-12H2,1-2H3,(H,23,25). The van der Waals surface area contributed by atoms with E-state index in [2.05, 4.69) is 17.4 Å². The number of hydrogen-bond donors (Lipinski definition) is 1. The van der Waals surface area contributed by atoms with Gasteiger partial charge in [0.05, 0.1) is 27.0 Å². The lowest BCUT2D eigenvalue weighted by atomic mass is 10.2. The monoisotopic (exact) mass is 494 g/mol. The number of carbonyl (C=O) groups excluding carboxylic acids is 1. The number of halogens is 3. The van der Waals surface area contributed by atoms with Gasteiger partial charge in [-0.05, 0) is 24.6 Å². The Morgan fingerprint density at radius 3 is 2.45 bits per heavy atom. The summed E-state index contributed by atoms with van der Waals surface area (Å²) in [7, 11) is -3.76. The van der Waals surface area contributed by atoms with Gasteiger partial charge in [0.2, 0.25) is 15.9 Å². The molecule has 0 unspecified atom stereocenters. The molecule has 2 aromatic carbocycles. The molecule has 0 radical (unpaired) electrons. The van der Waals surface area contributed by atoms with E-state index >= 15 is 0 Å². The van der Waals surface area contributed by atoms with Crippen molar-refractivity contribution < 1.29 is 13.2 Å². The predicted octanol–water partition coefficient (Wildman–Crippen LogP) is 4.77. The molecule has 0 atom stereocenters. The molecule has 0 aliphatic heterocycles. The van der Waals surface area contributed by atoms with E-state index in [1.165, 1.54) is 23.3 Å². The van der Waals surface area contributed by atoms with Gasteiger partial charge < -0.3 is 5.32 Å². The maximum Gasteiger partial charge on any atom is 0.240 e. The Kier molecular flexibility index (Phi) is 8.97. The molecule has 0 aromatic heterocycles. The molecular weight excluding hydrogens is 475 g/mol. The van der Waals surface area contributed by atoms with Gasteiger partial charge >= 0.3 is 0 Å². The van der Waals surface area contributed by atoms with Crippen LogP contribution in [0.3, 0.4) is 0 Å². The van der Waals surface area contributed by atoms with E-state index in [0.717, 1.165) is 16.3 Å². The molecule has 0 saturated carbocycles. The lowest BCUT2D eigenvalue weighted by Crippen LogP contribution is -2.41. The highest BCUT2D eigenvalue weighted by Gasteiger charge is 2.24. The van der Waals surface area contributed by atoms with Crippen LogP contribution in [-0.4, -0.2) is 39.4 Å². The summed E-state index contributed by atoms with van der Waals surface area (Å²) in [5.74, 6) is 1.10. The zero-order chi connectivity index (χ0) is 21.6. The first-order valence-corrected chi connectivity index (χ1v) is 12.7. The molecule has 0 aliphatic carbocycles. The van der Waals surface area contributed by atoms with Crippen LogP contribution in [0.4, 0.5) is 5.69 Å². The number of nitrogens with zero attached hydrogens (tertiary/aromatic N) is 1. The molecule has 158 valence electrons. The fourth-order valence-corrected chi connectivity index (χ4v) is 4.88. The Morgan fingerprint density at radius 2 is 1.79 bits per heavy atom. The van der Waals surface area contributed by atoms with E-state index < -0.39 is 22.5 Å². The molecule has 29 heavy (non-hydrogen) atoms. The number of amides is 1. The number of aryl methyl sites for hydroxylation is 1. The summed E-state index contributed by atoms with van der Waals surface area (Å²) in [6.07, 6.45) is 0.997. The van der Waals surface area contributed by atoms with Crippen molar-refractivity contribution in [3.63, 3.8) is 0 Å². The van der Waals surface area contributed by atoms with Crippen molar-refractivity contribution in [2.24, 2.45) is 0 Å². The lowest BCUT2D eigenvalue weighted by molar-refractivity contribution is -0.119. The Labute approximate surface area is 190 Å². The van der Waals surface area contributed by atoms with Crippen LogP contribution >= 0.6 is 46.6 Å². The highest BCUT2D eigenvalue weighted by atomic mass is 35.5. The van der Waals surface area contributed by atoms with Crippen molar-refractivity contribution in [1.29, 1.82) is 0 Å². The van der Waals surface area contributed by atoms with Gasteiger partial charge in [-0.2, -0.15) is 11.8 Å². The van der Waals surface area contributed by atoms with Crippen molar-refractivity contribution in [2.45, 2.75) is 12.7 Å². The summed E-state index contributed by atoms with van der Waals surface area (Å²) in [6, 6.07) is 10.9. The quantitative estimate of drug-likeness (QED) is 0.402. The predicted molar refractivity (Wildman–Crippen MR) is 124 cm³/mol. The maximum atomic E-state index is 12.3. The third kappa shape index (κ3) is 7.57. The molecule has 1 N–H and O–H groups in total. The van der Waals surface area contributed by atoms with Crippen LogP contribution in [0.5, 0.6) is 0 Å². The molecule has 10 heteroatoms. The number of sulfonamides is 1. The van der Waals surface area contributed by atoms with Gasteiger partial charge in [0.15, 0.2) is 0 Å². The summed E-state index contributed by atoms with van der Waals surface area (Å²) in [4.78, 5) is 12.3. The smallest absolute Gasteiger partial charge is 0.240 e. The van der Waals surface area contributed by atoms with Crippen molar-refractivity contribution in [2.75, 3.05) is 29.4 Å². The number of nitrogens with one attached hydrogen (secondary N) is 1. The van der Waals surface area contributed by atoms with Crippen LogP contribution in [0.2, 0.25) is 15.1 Å². The fourth-order valence-electron chi connectivity index (χ4n) is 2.53. The van der Waals surface area contributed by atoms with Crippen LogP contribution in [0.1, 0.15) is 11.1 Å². The van der Waals surface area contributed by atoms with Crippen molar-refractivity contribution >= 4 is 68.2 Å². The normalized spacial score (nSPS) is 11.3. The minimum Gasteiger partial charge on any atom is -0.354 e. The van der Waals surface area contributed by atoms with E-state index in [1.807, 2.05) is 19.1 Å². The lowest BCUT2D eigenvalue weighted by Gasteiger charge is -2.23. The van der Waals surface area contributed by atoms with E-state index in [4.69, 9.17) is 34.8 Å². The zero-order valence-electron chi connectivity index (χ0n) is 15.9. The Balaban J connectivity index is 1.91. The average Bonchev–Trinajstić information content (AvgIpc) is 2.62. The van der Waals surface area contributed by atoms with Crippen molar-refractivity contribution in [3.8, 4) is 0 Å². The van der Waals surface area contributed by atoms with Crippen LogP contribution in [-0.2, 0) is 20.6 Å². The number of anilines is 1. The van der Waals surface area contributed by atoms with Gasteiger partial charge in [0.25, 0.3) is 0 Å². The first-order chi connectivity index (χ1) is 13.6. The summed E-state index contributed by atoms with van der Waals surface area (Å²) in [5.41, 5.74) is 2.53. The Hall–Kier alpha value is -1.12. The topological polar surface area (TPSA) is 66.5 Å². The number of benzene rings is 2. The molecular formula is C19H21Cl3N2O3S2. The first kappa shape index (κ1) is 24.2. The van der Waals surface area contributed by atoms with Gasteiger partial charge in [-0.3, -0.25) is 9.10 Å².